The van der Waals surface area contributed by atoms with Crippen LogP contribution in [0.1, 0.15) is 15.9 Å². The molecule has 35 heavy (non-hydrogen) atoms. The molecule has 4 atom stereocenters. The maximum atomic E-state index is 13.9. The summed E-state index contributed by atoms with van der Waals surface area (Å²) in [4.78, 5) is 44.4. The number of amides is 2. The molecule has 0 N–H and O–H groups in total. The lowest BCUT2D eigenvalue weighted by Gasteiger charge is -2.36. The van der Waals surface area contributed by atoms with Crippen LogP contribution in [0.2, 0.25) is 5.02 Å². The van der Waals surface area contributed by atoms with E-state index in [-0.39, 0.29) is 5.78 Å². The van der Waals surface area contributed by atoms with E-state index in [1.165, 1.54) is 24.3 Å². The highest BCUT2D eigenvalue weighted by atomic mass is 79.9. The van der Waals surface area contributed by atoms with Crippen molar-refractivity contribution in [2.24, 2.45) is 11.8 Å². The van der Waals surface area contributed by atoms with Gasteiger partial charge in [-0.3, -0.25) is 14.4 Å². The maximum absolute atomic E-state index is 13.9. The molecule has 2 saturated heterocycles. The van der Waals surface area contributed by atoms with Crippen molar-refractivity contribution in [3.8, 4) is 0 Å². The first-order valence-corrected chi connectivity index (χ1v) is 12.2. The standard InChI is InChI=1S/C27H17BrClFN2O3/c28-16-5-1-15(2-6-16)25(33)24-23-22(20-12-4-14-3-7-17(29)13-21(14)32(20)24)26(34)31(27(23)35)19-10-8-18(30)9-11-19/h1-13,20,22-24H/t20-,22+,23+,24-/m0/s1. The summed E-state index contributed by atoms with van der Waals surface area (Å²) < 4.78 is 14.3. The van der Waals surface area contributed by atoms with E-state index in [2.05, 4.69) is 15.9 Å². The van der Waals surface area contributed by atoms with Gasteiger partial charge in [-0.25, -0.2) is 9.29 Å². The summed E-state index contributed by atoms with van der Waals surface area (Å²) in [5.74, 6) is -3.25. The topological polar surface area (TPSA) is 57.7 Å². The number of benzene rings is 3. The Labute approximate surface area is 213 Å². The van der Waals surface area contributed by atoms with Gasteiger partial charge in [0.15, 0.2) is 5.78 Å². The SMILES string of the molecule is O=C(c1ccc(Br)cc1)[C@@H]1[C@@H]2C(=O)N(c3ccc(F)cc3)C(=O)[C@@H]2[C@@H]2C=Cc3ccc(Cl)cc3N12. The lowest BCUT2D eigenvalue weighted by atomic mass is 9.86. The lowest BCUT2D eigenvalue weighted by Crippen LogP contribution is -2.48. The van der Waals surface area contributed by atoms with Crippen molar-refractivity contribution in [1.29, 1.82) is 0 Å². The molecule has 174 valence electrons. The van der Waals surface area contributed by atoms with E-state index in [0.717, 1.165) is 14.9 Å². The molecule has 0 radical (unpaired) electrons. The van der Waals surface area contributed by atoms with Crippen molar-refractivity contribution in [3.63, 3.8) is 0 Å². The number of halogens is 3. The first-order valence-electron chi connectivity index (χ1n) is 11.0. The quantitative estimate of drug-likeness (QED) is 0.318. The van der Waals surface area contributed by atoms with E-state index in [4.69, 9.17) is 11.6 Å². The molecule has 5 nitrogen and oxygen atoms in total. The Morgan fingerprint density at radius 2 is 1.60 bits per heavy atom. The van der Waals surface area contributed by atoms with Gasteiger partial charge in [0.25, 0.3) is 0 Å². The van der Waals surface area contributed by atoms with E-state index >= 15 is 0 Å². The molecular weight excluding hydrogens is 535 g/mol. The minimum absolute atomic E-state index is 0.252. The number of carbonyl (C=O) groups excluding carboxylic acids is 3. The first kappa shape index (κ1) is 22.2. The third-order valence-electron chi connectivity index (χ3n) is 6.95. The summed E-state index contributed by atoms with van der Waals surface area (Å²) in [5.41, 5.74) is 2.30. The van der Waals surface area contributed by atoms with Gasteiger partial charge in [0.05, 0.1) is 23.6 Å². The monoisotopic (exact) mass is 550 g/mol. The van der Waals surface area contributed by atoms with Crippen LogP contribution in [0.5, 0.6) is 0 Å². The lowest BCUT2D eigenvalue weighted by molar-refractivity contribution is -0.122. The van der Waals surface area contributed by atoms with Crippen LogP contribution in [0.25, 0.3) is 6.08 Å². The van der Waals surface area contributed by atoms with E-state index in [1.807, 2.05) is 23.1 Å². The van der Waals surface area contributed by atoms with Crippen molar-refractivity contribution < 1.29 is 18.8 Å². The average molecular weight is 552 g/mol. The van der Waals surface area contributed by atoms with Gasteiger partial charge in [-0.1, -0.05) is 57.9 Å². The molecule has 3 aliphatic heterocycles. The van der Waals surface area contributed by atoms with Gasteiger partial charge < -0.3 is 4.90 Å². The largest absolute Gasteiger partial charge is 0.352 e. The summed E-state index contributed by atoms with van der Waals surface area (Å²) in [6.45, 7) is 0. The summed E-state index contributed by atoms with van der Waals surface area (Å²) >= 11 is 9.70. The molecule has 0 aliphatic carbocycles. The van der Waals surface area contributed by atoms with E-state index in [9.17, 15) is 18.8 Å². The van der Waals surface area contributed by atoms with Gasteiger partial charge in [0.2, 0.25) is 11.8 Å². The normalized spacial score (nSPS) is 24.4. The van der Waals surface area contributed by atoms with Gasteiger partial charge in [-0.05, 0) is 54.1 Å². The molecule has 2 amide bonds. The Morgan fingerprint density at radius 3 is 2.31 bits per heavy atom. The highest BCUT2D eigenvalue weighted by Gasteiger charge is 2.64. The van der Waals surface area contributed by atoms with Gasteiger partial charge >= 0.3 is 0 Å². The molecule has 3 heterocycles. The van der Waals surface area contributed by atoms with Crippen LogP contribution in [-0.2, 0) is 9.59 Å². The number of hydrogen-bond donors (Lipinski definition) is 0. The number of fused-ring (bicyclic) bond motifs is 5. The number of carbonyl (C=O) groups is 3. The molecule has 0 spiro atoms. The molecule has 2 fully saturated rings. The molecule has 6 rings (SSSR count). The van der Waals surface area contributed by atoms with Crippen LogP contribution < -0.4 is 9.80 Å². The smallest absolute Gasteiger partial charge is 0.240 e. The second kappa shape index (κ2) is 8.14. The van der Waals surface area contributed by atoms with Crippen molar-refractivity contribution >= 4 is 62.6 Å². The van der Waals surface area contributed by atoms with Crippen LogP contribution in [0.4, 0.5) is 15.8 Å². The minimum atomic E-state index is -0.907. The molecular formula is C27H17BrClFN2O3. The average Bonchev–Trinajstić information content (AvgIpc) is 3.33. The Hall–Kier alpha value is -3.29. The molecule has 3 aromatic carbocycles. The zero-order valence-electron chi connectivity index (χ0n) is 18.1. The van der Waals surface area contributed by atoms with Gasteiger partial charge in [-0.2, -0.15) is 0 Å². The predicted octanol–water partition coefficient (Wildman–Crippen LogP) is 5.51. The highest BCUT2D eigenvalue weighted by Crippen LogP contribution is 2.50. The number of hydrogen-bond acceptors (Lipinski definition) is 4. The van der Waals surface area contributed by atoms with Crippen molar-refractivity contribution in [2.75, 3.05) is 9.80 Å². The highest BCUT2D eigenvalue weighted by molar-refractivity contribution is 9.10. The zero-order valence-corrected chi connectivity index (χ0v) is 20.4. The summed E-state index contributed by atoms with van der Waals surface area (Å²) in [7, 11) is 0. The summed E-state index contributed by atoms with van der Waals surface area (Å²) in [6.07, 6.45) is 3.77. The predicted molar refractivity (Wildman–Crippen MR) is 135 cm³/mol. The molecule has 0 bridgehead atoms. The fraction of sp³-hybridized carbons (Fsp3) is 0.148. The number of imide groups is 1. The van der Waals surface area contributed by atoms with E-state index in [1.54, 1.807) is 36.4 Å². The van der Waals surface area contributed by atoms with Crippen molar-refractivity contribution in [3.05, 3.63) is 99.2 Å². The third kappa shape index (κ3) is 3.37. The van der Waals surface area contributed by atoms with E-state index in [0.29, 0.717) is 22.0 Å². The number of Topliss-reactive ketones (excluding diaryl/α,β-unsaturated/α-hetero) is 1. The molecule has 3 aliphatic rings. The Bertz CT molecular complexity index is 1420. The molecule has 0 unspecified atom stereocenters. The second-order valence-electron chi connectivity index (χ2n) is 8.82. The first-order chi connectivity index (χ1) is 16.8. The number of rotatable bonds is 3. The zero-order chi connectivity index (χ0) is 24.4. The van der Waals surface area contributed by atoms with Crippen LogP contribution in [0.3, 0.4) is 0 Å². The number of anilines is 2. The van der Waals surface area contributed by atoms with Gasteiger partial charge in [0.1, 0.15) is 11.9 Å². The van der Waals surface area contributed by atoms with Gasteiger partial charge in [0, 0.05) is 20.7 Å². The van der Waals surface area contributed by atoms with Crippen LogP contribution >= 0.6 is 27.5 Å². The van der Waals surface area contributed by atoms with Crippen molar-refractivity contribution in [2.45, 2.75) is 12.1 Å². The second-order valence-corrected chi connectivity index (χ2v) is 10.2. The van der Waals surface area contributed by atoms with Gasteiger partial charge in [-0.15, -0.1) is 0 Å². The van der Waals surface area contributed by atoms with Crippen molar-refractivity contribution in [1.82, 2.24) is 0 Å². The van der Waals surface area contributed by atoms with E-state index < -0.39 is 41.6 Å². The molecule has 8 heteroatoms. The fourth-order valence-electron chi connectivity index (χ4n) is 5.46. The number of ketones is 1. The Kier molecular flexibility index (Phi) is 5.16. The fourth-order valence-corrected chi connectivity index (χ4v) is 5.89. The van der Waals surface area contributed by atoms with Crippen LogP contribution in [0, 0.1) is 17.7 Å². The van der Waals surface area contributed by atoms with Crippen LogP contribution in [0.15, 0.2) is 77.3 Å². The molecule has 0 aromatic heterocycles. The molecule has 3 aromatic rings. The molecule has 0 saturated carbocycles. The minimum Gasteiger partial charge on any atom is -0.352 e. The van der Waals surface area contributed by atoms with Crippen LogP contribution in [-0.4, -0.2) is 29.7 Å². The Morgan fingerprint density at radius 1 is 0.914 bits per heavy atom. The third-order valence-corrected chi connectivity index (χ3v) is 7.72. The summed E-state index contributed by atoms with van der Waals surface area (Å²) in [6, 6.07) is 16.1. The maximum Gasteiger partial charge on any atom is 0.240 e. The summed E-state index contributed by atoms with van der Waals surface area (Å²) in [5, 5.41) is 0.496. The Balaban J connectivity index is 1.50. The number of nitrogens with zero attached hydrogens (tertiary/aromatic N) is 2.